The molecule has 2 aliphatic rings. The van der Waals surface area contributed by atoms with Crippen LogP contribution in [-0.4, -0.2) is 0 Å². The Morgan fingerprint density at radius 3 is 1.96 bits per heavy atom. The van der Waals surface area contributed by atoms with Crippen molar-refractivity contribution in [2.75, 3.05) is 0 Å². The zero-order chi connectivity index (χ0) is 17.7. The molecule has 2 heterocycles. The lowest BCUT2D eigenvalue weighted by molar-refractivity contribution is 0.638. The smallest absolute Gasteiger partial charge is 0.132 e. The van der Waals surface area contributed by atoms with Crippen LogP contribution in [0, 0.1) is 5.82 Å². The summed E-state index contributed by atoms with van der Waals surface area (Å²) in [4.78, 5) is 2.26. The Morgan fingerprint density at radius 2 is 1.19 bits per heavy atom. The molecule has 0 bridgehead atoms. The van der Waals surface area contributed by atoms with Gasteiger partial charge in [-0.25, -0.2) is 4.39 Å². The summed E-state index contributed by atoms with van der Waals surface area (Å²) in [7, 11) is 0. The lowest BCUT2D eigenvalue weighted by Crippen LogP contribution is -1.96. The molecule has 7 rings (SSSR count). The monoisotopic (exact) mass is 382 g/mol. The van der Waals surface area contributed by atoms with Crippen molar-refractivity contribution in [3.63, 3.8) is 0 Å². The Bertz CT molecular complexity index is 1530. The topological polar surface area (TPSA) is 0 Å². The van der Waals surface area contributed by atoms with Crippen LogP contribution in [0.3, 0.4) is 0 Å². The molecule has 0 aliphatic carbocycles. The van der Waals surface area contributed by atoms with E-state index in [2.05, 4.69) is 54.0 Å². The predicted molar refractivity (Wildman–Crippen MR) is 117 cm³/mol. The fourth-order valence-electron chi connectivity index (χ4n) is 4.76. The second-order valence-electron chi connectivity index (χ2n) is 7.09. The quantitative estimate of drug-likeness (QED) is 0.196. The Labute approximate surface area is 163 Å². The summed E-state index contributed by atoms with van der Waals surface area (Å²) in [5.41, 5.74) is 2.40. The van der Waals surface area contributed by atoms with Crippen molar-refractivity contribution in [1.82, 2.24) is 0 Å². The average molecular weight is 382 g/mol. The normalized spacial score (nSPS) is 15.0. The predicted octanol–water partition coefficient (Wildman–Crippen LogP) is 8.03. The van der Waals surface area contributed by atoms with E-state index in [0.29, 0.717) is 0 Å². The summed E-state index contributed by atoms with van der Waals surface area (Å²) in [6.45, 7) is 0. The highest BCUT2D eigenvalue weighted by atomic mass is 32.2. The van der Waals surface area contributed by atoms with Crippen molar-refractivity contribution < 1.29 is 4.39 Å². The standard InChI is InChI=1S/C24H11FS2/c25-17-11-19-21-13(8-10-27-19)2-4-15-14-3-1-12-7-9-26-18-6-5-16(22(14)20(12)18)23(17)24(15)21/h1-11H. The zero-order valence-electron chi connectivity index (χ0n) is 14.0. The van der Waals surface area contributed by atoms with Gasteiger partial charge in [0.2, 0.25) is 0 Å². The SMILES string of the molecule is Fc1cc2c3c(ccc4c5ccc6c7c(ccc(c1c34)c75)SC=C6)C=CS2. The second-order valence-corrected chi connectivity index (χ2v) is 8.98. The highest BCUT2D eigenvalue weighted by molar-refractivity contribution is 8.02. The van der Waals surface area contributed by atoms with E-state index in [4.69, 9.17) is 0 Å². The minimum Gasteiger partial charge on any atom is -0.206 e. The molecule has 0 spiro atoms. The summed E-state index contributed by atoms with van der Waals surface area (Å²) in [5, 5.41) is 13.0. The number of halogens is 1. The van der Waals surface area contributed by atoms with E-state index in [9.17, 15) is 0 Å². The molecule has 5 aromatic carbocycles. The van der Waals surface area contributed by atoms with Gasteiger partial charge in [0.15, 0.2) is 0 Å². The fraction of sp³-hybridized carbons (Fsp3) is 0. The number of hydrogen-bond acceptors (Lipinski definition) is 2. The summed E-state index contributed by atoms with van der Waals surface area (Å²) in [6.07, 6.45) is 4.30. The molecule has 126 valence electrons. The minimum absolute atomic E-state index is 0.121. The first kappa shape index (κ1) is 14.6. The lowest BCUT2D eigenvalue weighted by atomic mass is 9.86. The summed E-state index contributed by atoms with van der Waals surface area (Å²) >= 11 is 3.35. The minimum atomic E-state index is -0.121. The van der Waals surface area contributed by atoms with Crippen LogP contribution in [0.5, 0.6) is 0 Å². The van der Waals surface area contributed by atoms with Gasteiger partial charge < -0.3 is 0 Å². The second kappa shape index (κ2) is 4.86. The molecule has 0 aromatic heterocycles. The molecule has 0 radical (unpaired) electrons. The van der Waals surface area contributed by atoms with E-state index < -0.39 is 0 Å². The van der Waals surface area contributed by atoms with Gasteiger partial charge >= 0.3 is 0 Å². The van der Waals surface area contributed by atoms with Crippen LogP contribution in [0.4, 0.5) is 4.39 Å². The molecule has 2 aliphatic heterocycles. The van der Waals surface area contributed by atoms with E-state index in [1.807, 2.05) is 5.41 Å². The molecule has 0 saturated carbocycles. The third-order valence-corrected chi connectivity index (χ3v) is 7.54. The molecular formula is C24H11FS2. The van der Waals surface area contributed by atoms with E-state index in [-0.39, 0.29) is 5.82 Å². The maximum atomic E-state index is 15.4. The summed E-state index contributed by atoms with van der Waals surface area (Å²) < 4.78 is 15.4. The molecule has 0 saturated heterocycles. The molecule has 0 amide bonds. The molecule has 0 atom stereocenters. The van der Waals surface area contributed by atoms with Gasteiger partial charge in [-0.05, 0) is 67.8 Å². The van der Waals surface area contributed by atoms with Gasteiger partial charge in [-0.1, -0.05) is 53.9 Å². The first-order chi connectivity index (χ1) is 13.3. The van der Waals surface area contributed by atoms with E-state index in [1.54, 1.807) is 29.6 Å². The number of rotatable bonds is 0. The Balaban J connectivity index is 1.89. The van der Waals surface area contributed by atoms with Gasteiger partial charge in [0.05, 0.1) is 0 Å². The van der Waals surface area contributed by atoms with Crippen LogP contribution in [0.1, 0.15) is 11.1 Å². The zero-order valence-corrected chi connectivity index (χ0v) is 15.7. The van der Waals surface area contributed by atoms with Gasteiger partial charge in [-0.15, -0.1) is 0 Å². The van der Waals surface area contributed by atoms with Crippen molar-refractivity contribution in [2.45, 2.75) is 9.79 Å². The molecule has 5 aromatic rings. The van der Waals surface area contributed by atoms with Crippen LogP contribution in [0.15, 0.2) is 63.1 Å². The number of fused-ring (bicyclic) bond motifs is 2. The van der Waals surface area contributed by atoms with Gasteiger partial charge in [0.1, 0.15) is 5.82 Å². The maximum absolute atomic E-state index is 15.4. The van der Waals surface area contributed by atoms with Crippen molar-refractivity contribution in [1.29, 1.82) is 0 Å². The Hall–Kier alpha value is -2.49. The largest absolute Gasteiger partial charge is 0.206 e. The van der Waals surface area contributed by atoms with Gasteiger partial charge in [-0.3, -0.25) is 0 Å². The number of hydrogen-bond donors (Lipinski definition) is 0. The van der Waals surface area contributed by atoms with Crippen LogP contribution in [0.25, 0.3) is 55.2 Å². The van der Waals surface area contributed by atoms with Crippen LogP contribution in [0.2, 0.25) is 0 Å². The summed E-state index contributed by atoms with van der Waals surface area (Å²) in [5.74, 6) is -0.121. The molecule has 3 heteroatoms. The third kappa shape index (κ3) is 1.68. The van der Waals surface area contributed by atoms with Gasteiger partial charge in [-0.2, -0.15) is 0 Å². The van der Waals surface area contributed by atoms with E-state index in [1.165, 1.54) is 37.6 Å². The summed E-state index contributed by atoms with van der Waals surface area (Å²) in [6, 6.07) is 14.7. The van der Waals surface area contributed by atoms with Crippen LogP contribution >= 0.6 is 23.5 Å². The van der Waals surface area contributed by atoms with Gasteiger partial charge in [0, 0.05) is 31.3 Å². The molecule has 0 N–H and O–H groups in total. The van der Waals surface area contributed by atoms with E-state index >= 15 is 4.39 Å². The fourth-order valence-corrected chi connectivity index (χ4v) is 6.48. The molecule has 0 nitrogen and oxygen atoms in total. The average Bonchev–Trinajstić information content (AvgIpc) is 2.71. The first-order valence-corrected chi connectivity index (χ1v) is 10.6. The molecule has 27 heavy (non-hydrogen) atoms. The molecular weight excluding hydrogens is 371 g/mol. The Morgan fingerprint density at radius 1 is 0.556 bits per heavy atom. The maximum Gasteiger partial charge on any atom is 0.132 e. The lowest BCUT2D eigenvalue weighted by Gasteiger charge is -2.21. The van der Waals surface area contributed by atoms with Gasteiger partial charge in [0.25, 0.3) is 0 Å². The first-order valence-electron chi connectivity index (χ1n) is 8.87. The molecule has 0 fully saturated rings. The highest BCUT2D eigenvalue weighted by Crippen LogP contribution is 2.49. The van der Waals surface area contributed by atoms with E-state index in [0.717, 1.165) is 26.4 Å². The van der Waals surface area contributed by atoms with Crippen LogP contribution < -0.4 is 0 Å². The van der Waals surface area contributed by atoms with Crippen molar-refractivity contribution in [3.05, 3.63) is 70.2 Å². The van der Waals surface area contributed by atoms with Crippen LogP contribution in [-0.2, 0) is 0 Å². The number of benzene rings is 5. The van der Waals surface area contributed by atoms with Crippen molar-refractivity contribution in [2.24, 2.45) is 0 Å². The van der Waals surface area contributed by atoms with Crippen molar-refractivity contribution >= 4 is 78.8 Å². The highest BCUT2D eigenvalue weighted by Gasteiger charge is 2.22. The third-order valence-electron chi connectivity index (χ3n) is 5.83. The molecule has 0 unspecified atom stereocenters. The van der Waals surface area contributed by atoms with Crippen molar-refractivity contribution in [3.8, 4) is 0 Å². The number of thioether (sulfide) groups is 2. The Kier molecular flexibility index (Phi) is 2.62.